The van der Waals surface area contributed by atoms with E-state index in [1.54, 1.807) is 0 Å². The number of benzene rings is 1. The van der Waals surface area contributed by atoms with E-state index in [1.165, 1.54) is 0 Å². The van der Waals surface area contributed by atoms with Gasteiger partial charge in [-0.25, -0.2) is 0 Å². The van der Waals surface area contributed by atoms with Crippen molar-refractivity contribution in [3.63, 3.8) is 0 Å². The molecule has 1 saturated carbocycles. The van der Waals surface area contributed by atoms with Crippen molar-refractivity contribution in [2.24, 2.45) is 17.6 Å². The van der Waals surface area contributed by atoms with E-state index in [2.05, 4.69) is 5.32 Å². The molecule has 1 aromatic rings. The molecular formula is C14H20Cl2F3N3O. The summed E-state index contributed by atoms with van der Waals surface area (Å²) < 4.78 is 38.1. The molecule has 0 bridgehead atoms. The van der Waals surface area contributed by atoms with Gasteiger partial charge in [-0.1, -0.05) is 6.42 Å². The number of carbonyl (C=O) groups is 1. The fraction of sp³-hybridized carbons (Fsp3) is 0.500. The van der Waals surface area contributed by atoms with Crippen LogP contribution < -0.4 is 16.8 Å². The molecule has 5 N–H and O–H groups in total. The van der Waals surface area contributed by atoms with E-state index >= 15 is 0 Å². The number of hydrogen-bond donors (Lipinski definition) is 3. The minimum Gasteiger partial charge on any atom is -0.397 e. The lowest BCUT2D eigenvalue weighted by atomic mass is 9.95. The third-order valence-corrected chi connectivity index (χ3v) is 3.94. The molecule has 2 rings (SSSR count). The molecule has 1 fully saturated rings. The summed E-state index contributed by atoms with van der Waals surface area (Å²) in [6.07, 6.45) is -2.00. The van der Waals surface area contributed by atoms with E-state index in [0.717, 1.165) is 31.0 Å². The maximum absolute atomic E-state index is 12.7. The molecule has 1 aromatic carbocycles. The second kappa shape index (κ2) is 8.61. The highest BCUT2D eigenvalue weighted by Crippen LogP contribution is 2.35. The molecule has 1 aliphatic rings. The standard InChI is InChI=1S/C14H18F3N3O.2ClH/c15-14(16,17)9-4-5-11(19)12(6-9)20-13(21)10-3-1-2-8(10)7-18;;/h4-6,8,10H,1-3,7,18-19H2,(H,20,21);2*1H/t8-,10-;;/m1../s1. The van der Waals surface area contributed by atoms with Crippen LogP contribution in [0.2, 0.25) is 0 Å². The maximum Gasteiger partial charge on any atom is 0.416 e. The van der Waals surface area contributed by atoms with Crippen molar-refractivity contribution >= 4 is 42.1 Å². The first-order chi connectivity index (χ1) is 9.82. The fourth-order valence-electron chi connectivity index (χ4n) is 2.73. The zero-order valence-corrected chi connectivity index (χ0v) is 13.9. The number of halogens is 5. The Bertz CT molecular complexity index is 540. The zero-order valence-electron chi connectivity index (χ0n) is 12.2. The number of rotatable bonds is 3. The number of amides is 1. The smallest absolute Gasteiger partial charge is 0.397 e. The van der Waals surface area contributed by atoms with Crippen LogP contribution in [0, 0.1) is 11.8 Å². The Hall–Kier alpha value is -1.18. The molecule has 0 heterocycles. The SMILES string of the molecule is Cl.Cl.NC[C@H]1CCC[C@H]1C(=O)Nc1cc(C(F)(F)F)ccc1N. The number of nitrogens with one attached hydrogen (secondary N) is 1. The molecule has 0 spiro atoms. The average molecular weight is 374 g/mol. The molecular weight excluding hydrogens is 354 g/mol. The molecule has 1 aliphatic carbocycles. The van der Waals surface area contributed by atoms with Gasteiger partial charge in [-0.2, -0.15) is 13.2 Å². The van der Waals surface area contributed by atoms with Crippen LogP contribution >= 0.6 is 24.8 Å². The van der Waals surface area contributed by atoms with Gasteiger partial charge in [0.1, 0.15) is 0 Å². The van der Waals surface area contributed by atoms with Gasteiger partial charge in [0, 0.05) is 5.92 Å². The van der Waals surface area contributed by atoms with Crippen molar-refractivity contribution in [2.45, 2.75) is 25.4 Å². The van der Waals surface area contributed by atoms with Gasteiger partial charge in [0.25, 0.3) is 0 Å². The predicted octanol–water partition coefficient (Wildman–Crippen LogP) is 3.44. The van der Waals surface area contributed by atoms with Crippen molar-refractivity contribution in [3.05, 3.63) is 23.8 Å². The normalized spacial score (nSPS) is 20.3. The van der Waals surface area contributed by atoms with Crippen molar-refractivity contribution in [3.8, 4) is 0 Å². The lowest BCUT2D eigenvalue weighted by Crippen LogP contribution is -2.30. The molecule has 0 aromatic heterocycles. The first-order valence-electron chi connectivity index (χ1n) is 6.80. The Kier molecular flexibility index (Phi) is 8.17. The number of hydrogen-bond acceptors (Lipinski definition) is 3. The summed E-state index contributed by atoms with van der Waals surface area (Å²) in [6, 6.07) is 2.90. The quantitative estimate of drug-likeness (QED) is 0.709. The van der Waals surface area contributed by atoms with E-state index < -0.39 is 11.7 Å². The zero-order chi connectivity index (χ0) is 15.6. The topological polar surface area (TPSA) is 81.1 Å². The summed E-state index contributed by atoms with van der Waals surface area (Å²) >= 11 is 0. The van der Waals surface area contributed by atoms with Gasteiger partial charge in [-0.3, -0.25) is 4.79 Å². The number of carbonyl (C=O) groups excluding carboxylic acids is 1. The van der Waals surface area contributed by atoms with Crippen LogP contribution in [0.4, 0.5) is 24.5 Å². The van der Waals surface area contributed by atoms with Gasteiger partial charge in [0.15, 0.2) is 0 Å². The van der Waals surface area contributed by atoms with Gasteiger partial charge in [0.05, 0.1) is 16.9 Å². The maximum atomic E-state index is 12.7. The van der Waals surface area contributed by atoms with Crippen LogP contribution in [0.1, 0.15) is 24.8 Å². The first kappa shape index (κ1) is 21.8. The largest absolute Gasteiger partial charge is 0.416 e. The van der Waals surface area contributed by atoms with Crippen molar-refractivity contribution in [1.29, 1.82) is 0 Å². The van der Waals surface area contributed by atoms with Crippen molar-refractivity contribution in [1.82, 2.24) is 0 Å². The third kappa shape index (κ3) is 5.16. The number of alkyl halides is 3. The van der Waals surface area contributed by atoms with E-state index in [0.29, 0.717) is 13.0 Å². The van der Waals surface area contributed by atoms with Crippen LogP contribution in [-0.4, -0.2) is 12.5 Å². The first-order valence-corrected chi connectivity index (χ1v) is 6.80. The lowest BCUT2D eigenvalue weighted by Gasteiger charge is -2.19. The van der Waals surface area contributed by atoms with E-state index in [9.17, 15) is 18.0 Å². The summed E-state index contributed by atoms with van der Waals surface area (Å²) in [7, 11) is 0. The molecule has 9 heteroatoms. The number of nitrogen functional groups attached to an aromatic ring is 1. The molecule has 4 nitrogen and oxygen atoms in total. The Morgan fingerprint density at radius 3 is 2.48 bits per heavy atom. The van der Waals surface area contributed by atoms with Gasteiger partial charge >= 0.3 is 6.18 Å². The van der Waals surface area contributed by atoms with Gasteiger partial charge in [0.2, 0.25) is 5.91 Å². The van der Waals surface area contributed by atoms with Crippen molar-refractivity contribution < 1.29 is 18.0 Å². The minimum absolute atomic E-state index is 0. The summed E-state index contributed by atoms with van der Waals surface area (Å²) in [5.74, 6) is -0.491. The highest BCUT2D eigenvalue weighted by atomic mass is 35.5. The average Bonchev–Trinajstić information content (AvgIpc) is 2.88. The monoisotopic (exact) mass is 373 g/mol. The van der Waals surface area contributed by atoms with Crippen molar-refractivity contribution in [2.75, 3.05) is 17.6 Å². The Balaban J connectivity index is 0.00000242. The molecule has 0 unspecified atom stereocenters. The van der Waals surface area contributed by atoms with Crippen LogP contribution in [0.5, 0.6) is 0 Å². The predicted molar refractivity (Wildman–Crippen MR) is 88.9 cm³/mol. The molecule has 132 valence electrons. The van der Waals surface area contributed by atoms with Crippen LogP contribution in [0.25, 0.3) is 0 Å². The second-order valence-electron chi connectivity index (χ2n) is 5.32. The highest BCUT2D eigenvalue weighted by molar-refractivity contribution is 5.95. The lowest BCUT2D eigenvalue weighted by molar-refractivity contribution is -0.137. The summed E-state index contributed by atoms with van der Waals surface area (Å²) in [5, 5.41) is 2.51. The molecule has 23 heavy (non-hydrogen) atoms. The van der Waals surface area contributed by atoms with Crippen LogP contribution in [0.15, 0.2) is 18.2 Å². The molecule has 0 saturated heterocycles. The molecule has 0 aliphatic heterocycles. The summed E-state index contributed by atoms with van der Waals surface area (Å²) in [5.41, 5.74) is 10.5. The molecule has 2 atom stereocenters. The Labute approximate surface area is 145 Å². The summed E-state index contributed by atoms with van der Waals surface area (Å²) in [4.78, 5) is 12.2. The summed E-state index contributed by atoms with van der Waals surface area (Å²) in [6.45, 7) is 0.399. The number of nitrogens with two attached hydrogens (primary N) is 2. The molecule has 1 amide bonds. The number of anilines is 2. The Morgan fingerprint density at radius 2 is 1.91 bits per heavy atom. The van der Waals surface area contributed by atoms with E-state index in [1.807, 2.05) is 0 Å². The highest BCUT2D eigenvalue weighted by Gasteiger charge is 2.33. The molecule has 0 radical (unpaired) electrons. The van der Waals surface area contributed by atoms with E-state index in [4.69, 9.17) is 11.5 Å². The van der Waals surface area contributed by atoms with Crippen LogP contribution in [-0.2, 0) is 11.0 Å². The second-order valence-corrected chi connectivity index (χ2v) is 5.32. The van der Waals surface area contributed by atoms with Crippen LogP contribution in [0.3, 0.4) is 0 Å². The fourth-order valence-corrected chi connectivity index (χ4v) is 2.73. The Morgan fingerprint density at radius 1 is 1.26 bits per heavy atom. The van der Waals surface area contributed by atoms with E-state index in [-0.39, 0.29) is 53.9 Å². The minimum atomic E-state index is -4.47. The van der Waals surface area contributed by atoms with Gasteiger partial charge in [-0.15, -0.1) is 24.8 Å². The van der Waals surface area contributed by atoms with Gasteiger partial charge < -0.3 is 16.8 Å². The third-order valence-electron chi connectivity index (χ3n) is 3.94. The van der Waals surface area contributed by atoms with Gasteiger partial charge in [-0.05, 0) is 43.5 Å².